The Labute approximate surface area is 83.1 Å². The van der Waals surface area contributed by atoms with Crippen molar-refractivity contribution in [3.63, 3.8) is 0 Å². The number of rotatable bonds is 2. The predicted octanol–water partition coefficient (Wildman–Crippen LogP) is 1.21. The number of carbonyl (C=O) groups excluding carboxylic acids is 1. The van der Waals surface area contributed by atoms with Gasteiger partial charge in [0.05, 0.1) is 12.7 Å². The van der Waals surface area contributed by atoms with Gasteiger partial charge in [0, 0.05) is 0 Å². The van der Waals surface area contributed by atoms with Crippen molar-refractivity contribution in [3.05, 3.63) is 23.8 Å². The predicted molar refractivity (Wildman–Crippen MR) is 40.0 cm³/mol. The quantitative estimate of drug-likeness (QED) is 0.598. The van der Waals surface area contributed by atoms with E-state index in [1.54, 1.807) is 12.1 Å². The Bertz CT molecular complexity index is 273. The Morgan fingerprint density at radius 3 is 2.67 bits per heavy atom. The smallest absolute Gasteiger partial charge is 0.504 e. The second kappa shape index (κ2) is 4.88. The topological polar surface area (TPSA) is 46.5 Å². The minimum Gasteiger partial charge on any atom is -0.504 e. The Morgan fingerprint density at radius 1 is 1.50 bits per heavy atom. The standard InChI is InChI=1S/C8H8O3.Zn/c1-11-7-4-2-3-6(5-9)8(7)10;/h2-5,10H,1H3;/q;+2. The Hall–Kier alpha value is -0.887. The van der Waals surface area contributed by atoms with Crippen LogP contribution in [0, 0.1) is 0 Å². The van der Waals surface area contributed by atoms with E-state index in [-0.39, 0.29) is 30.8 Å². The minimum atomic E-state index is -0.106. The first-order valence-electron chi connectivity index (χ1n) is 3.10. The van der Waals surface area contributed by atoms with Crippen molar-refractivity contribution in [2.45, 2.75) is 0 Å². The number of phenolic OH excluding ortho intramolecular Hbond substituents is 1. The van der Waals surface area contributed by atoms with Crippen LogP contribution in [0.4, 0.5) is 0 Å². The fourth-order valence-electron chi connectivity index (χ4n) is 0.799. The van der Waals surface area contributed by atoms with E-state index in [0.29, 0.717) is 12.0 Å². The van der Waals surface area contributed by atoms with E-state index in [0.717, 1.165) is 0 Å². The number of phenols is 1. The maximum atomic E-state index is 10.3. The van der Waals surface area contributed by atoms with Crippen molar-refractivity contribution in [3.8, 4) is 11.5 Å². The number of aldehydes is 1. The molecular weight excluding hydrogens is 209 g/mol. The van der Waals surface area contributed by atoms with E-state index in [2.05, 4.69) is 0 Å². The molecule has 0 aliphatic rings. The van der Waals surface area contributed by atoms with E-state index >= 15 is 0 Å². The molecule has 1 aromatic rings. The van der Waals surface area contributed by atoms with Gasteiger partial charge in [-0.05, 0) is 12.1 Å². The molecule has 0 amide bonds. The first-order chi connectivity index (χ1) is 5.29. The van der Waals surface area contributed by atoms with Gasteiger partial charge >= 0.3 is 19.5 Å². The summed E-state index contributed by atoms with van der Waals surface area (Å²) in [5.41, 5.74) is 0.240. The van der Waals surface area contributed by atoms with Crippen LogP contribution >= 0.6 is 0 Å². The molecular formula is C8H8O3Zn+2. The fraction of sp³-hybridized carbons (Fsp3) is 0.125. The fourth-order valence-corrected chi connectivity index (χ4v) is 0.799. The van der Waals surface area contributed by atoms with Crippen LogP contribution in [0.3, 0.4) is 0 Å². The summed E-state index contributed by atoms with van der Waals surface area (Å²) in [7, 11) is 1.43. The monoisotopic (exact) mass is 216 g/mol. The third-order valence-electron chi connectivity index (χ3n) is 1.38. The van der Waals surface area contributed by atoms with Gasteiger partial charge in [-0.15, -0.1) is 0 Å². The molecule has 0 fully saturated rings. The maximum absolute atomic E-state index is 10.3. The number of carbonyl (C=O) groups is 1. The van der Waals surface area contributed by atoms with Crippen molar-refractivity contribution < 1.29 is 34.1 Å². The molecule has 1 N–H and O–H groups in total. The number of hydrogen-bond donors (Lipinski definition) is 1. The average Bonchev–Trinajstić information content (AvgIpc) is 2.05. The summed E-state index contributed by atoms with van der Waals surface area (Å²) >= 11 is 0. The zero-order chi connectivity index (χ0) is 8.27. The number of methoxy groups -OCH3 is 1. The van der Waals surface area contributed by atoms with Crippen molar-refractivity contribution in [2.75, 3.05) is 7.11 Å². The summed E-state index contributed by atoms with van der Waals surface area (Å²) in [6.07, 6.45) is 0.581. The van der Waals surface area contributed by atoms with Crippen LogP contribution in [0.25, 0.3) is 0 Å². The van der Waals surface area contributed by atoms with Gasteiger partial charge in [0.2, 0.25) is 0 Å². The molecule has 0 atom stereocenters. The van der Waals surface area contributed by atoms with Gasteiger partial charge in [-0.25, -0.2) is 0 Å². The van der Waals surface area contributed by atoms with Gasteiger partial charge < -0.3 is 9.84 Å². The number of hydrogen-bond acceptors (Lipinski definition) is 3. The SMILES string of the molecule is COc1cccc(C=O)c1O.[Zn+2]. The van der Waals surface area contributed by atoms with Gasteiger partial charge in [0.1, 0.15) is 0 Å². The van der Waals surface area contributed by atoms with Gasteiger partial charge in [0.25, 0.3) is 0 Å². The van der Waals surface area contributed by atoms with Gasteiger partial charge in [-0.3, -0.25) is 4.79 Å². The molecule has 0 aliphatic heterocycles. The molecule has 12 heavy (non-hydrogen) atoms. The molecule has 1 rings (SSSR count). The minimum absolute atomic E-state index is 0. The molecule has 0 spiro atoms. The normalized spacial score (nSPS) is 8.42. The molecule has 0 unspecified atom stereocenters. The molecule has 4 heteroatoms. The van der Waals surface area contributed by atoms with Crippen molar-refractivity contribution >= 4 is 6.29 Å². The van der Waals surface area contributed by atoms with E-state index in [9.17, 15) is 9.90 Å². The molecule has 0 saturated heterocycles. The van der Waals surface area contributed by atoms with Crippen molar-refractivity contribution in [2.24, 2.45) is 0 Å². The Balaban J connectivity index is 0.00000121. The molecule has 3 nitrogen and oxygen atoms in total. The van der Waals surface area contributed by atoms with Gasteiger partial charge in [-0.1, -0.05) is 6.07 Å². The van der Waals surface area contributed by atoms with Gasteiger partial charge in [0.15, 0.2) is 17.8 Å². The summed E-state index contributed by atoms with van der Waals surface area (Å²) in [6.45, 7) is 0. The van der Waals surface area contributed by atoms with Crippen LogP contribution in [0.1, 0.15) is 10.4 Å². The third kappa shape index (κ3) is 2.05. The van der Waals surface area contributed by atoms with Crippen LogP contribution in [0.5, 0.6) is 11.5 Å². The second-order valence-corrected chi connectivity index (χ2v) is 2.02. The maximum Gasteiger partial charge on any atom is 2.00 e. The molecule has 58 valence electrons. The summed E-state index contributed by atoms with van der Waals surface area (Å²) in [5.74, 6) is 0.208. The van der Waals surface area contributed by atoms with Gasteiger partial charge in [-0.2, -0.15) is 0 Å². The third-order valence-corrected chi connectivity index (χ3v) is 1.38. The number of para-hydroxylation sites is 1. The molecule has 0 aliphatic carbocycles. The van der Waals surface area contributed by atoms with Crippen LogP contribution in [0.15, 0.2) is 18.2 Å². The summed E-state index contributed by atoms with van der Waals surface area (Å²) in [5, 5.41) is 9.23. The van der Waals surface area contributed by atoms with Crippen LogP contribution in [-0.4, -0.2) is 18.5 Å². The first-order valence-corrected chi connectivity index (χ1v) is 3.10. The van der Waals surface area contributed by atoms with Crippen LogP contribution in [-0.2, 0) is 19.5 Å². The number of ether oxygens (including phenoxy) is 1. The molecule has 0 saturated carbocycles. The zero-order valence-electron chi connectivity index (χ0n) is 6.78. The van der Waals surface area contributed by atoms with E-state index in [1.165, 1.54) is 13.2 Å². The van der Waals surface area contributed by atoms with Crippen LogP contribution < -0.4 is 4.74 Å². The van der Waals surface area contributed by atoms with E-state index in [1.807, 2.05) is 0 Å². The molecule has 0 aromatic heterocycles. The Morgan fingerprint density at radius 2 is 2.17 bits per heavy atom. The summed E-state index contributed by atoms with van der Waals surface area (Å²) in [6, 6.07) is 4.75. The van der Waals surface area contributed by atoms with Crippen molar-refractivity contribution in [1.29, 1.82) is 0 Å². The van der Waals surface area contributed by atoms with Crippen molar-refractivity contribution in [1.82, 2.24) is 0 Å². The molecule has 0 bridgehead atoms. The number of aromatic hydroxyl groups is 1. The first kappa shape index (κ1) is 11.1. The second-order valence-electron chi connectivity index (χ2n) is 2.02. The van der Waals surface area contributed by atoms with E-state index in [4.69, 9.17) is 4.74 Å². The number of benzene rings is 1. The summed E-state index contributed by atoms with van der Waals surface area (Å²) in [4.78, 5) is 10.3. The van der Waals surface area contributed by atoms with Crippen LogP contribution in [0.2, 0.25) is 0 Å². The largest absolute Gasteiger partial charge is 2.00 e. The zero-order valence-corrected chi connectivity index (χ0v) is 9.75. The Kier molecular flexibility index (Phi) is 4.52. The molecule has 1 aromatic carbocycles. The average molecular weight is 218 g/mol. The summed E-state index contributed by atoms with van der Waals surface area (Å²) < 4.78 is 4.78. The molecule has 0 radical (unpaired) electrons. The molecule has 0 heterocycles. The van der Waals surface area contributed by atoms with E-state index < -0.39 is 0 Å².